The molecule has 0 unspecified atom stereocenters. The molecular formula is C22H26N2O5S2. The summed E-state index contributed by atoms with van der Waals surface area (Å²) in [6.07, 6.45) is 3.27. The molecule has 1 aliphatic carbocycles. The number of piperazine rings is 1. The first-order chi connectivity index (χ1) is 14.9. The van der Waals surface area contributed by atoms with E-state index in [1.165, 1.54) is 27.2 Å². The Hall–Kier alpha value is -2.10. The molecular weight excluding hydrogens is 436 g/mol. The molecule has 166 valence electrons. The zero-order chi connectivity index (χ0) is 21.6. The van der Waals surface area contributed by atoms with Crippen LogP contribution in [-0.2, 0) is 22.9 Å². The minimum Gasteiger partial charge on any atom is -0.486 e. The second-order valence-electron chi connectivity index (χ2n) is 8.41. The number of sulfonamides is 1. The molecule has 2 aromatic rings. The number of benzene rings is 1. The minimum absolute atomic E-state index is 0.0171. The Balaban J connectivity index is 1.26. The summed E-state index contributed by atoms with van der Waals surface area (Å²) in [7, 11) is -3.66. The van der Waals surface area contributed by atoms with Crippen LogP contribution in [-0.4, -0.2) is 62.9 Å². The maximum atomic E-state index is 13.1. The van der Waals surface area contributed by atoms with Gasteiger partial charge in [0.15, 0.2) is 11.5 Å². The average molecular weight is 463 g/mol. The third-order valence-electron chi connectivity index (χ3n) is 6.22. The van der Waals surface area contributed by atoms with Crippen LogP contribution in [0.5, 0.6) is 11.5 Å². The van der Waals surface area contributed by atoms with Crippen molar-refractivity contribution in [3.63, 3.8) is 0 Å². The first kappa shape index (κ1) is 20.8. The molecule has 1 fully saturated rings. The number of carbonyl (C=O) groups is 1. The van der Waals surface area contributed by atoms with Crippen LogP contribution >= 0.6 is 11.3 Å². The average Bonchev–Trinajstić information content (AvgIpc) is 3.21. The summed E-state index contributed by atoms with van der Waals surface area (Å²) in [6, 6.07) is 6.77. The largest absolute Gasteiger partial charge is 0.486 e. The Morgan fingerprint density at radius 3 is 2.58 bits per heavy atom. The summed E-state index contributed by atoms with van der Waals surface area (Å²) < 4.78 is 38.7. The molecule has 3 heterocycles. The molecule has 0 radical (unpaired) electrons. The van der Waals surface area contributed by atoms with E-state index in [1.807, 2.05) is 0 Å². The quantitative estimate of drug-likeness (QED) is 0.701. The van der Waals surface area contributed by atoms with E-state index < -0.39 is 10.0 Å². The van der Waals surface area contributed by atoms with E-state index in [-0.39, 0.29) is 23.9 Å². The molecule has 7 nitrogen and oxygen atoms in total. The monoisotopic (exact) mass is 462 g/mol. The number of hydrogen-bond acceptors (Lipinski definition) is 6. The first-order valence-electron chi connectivity index (χ1n) is 10.7. The van der Waals surface area contributed by atoms with E-state index in [9.17, 15) is 13.2 Å². The zero-order valence-corrected chi connectivity index (χ0v) is 19.1. The van der Waals surface area contributed by atoms with Gasteiger partial charge in [-0.2, -0.15) is 4.31 Å². The molecule has 31 heavy (non-hydrogen) atoms. The van der Waals surface area contributed by atoms with Crippen LogP contribution in [0.1, 0.15) is 33.5 Å². The Labute approximate surface area is 186 Å². The number of thiophene rings is 1. The molecule has 5 rings (SSSR count). The van der Waals surface area contributed by atoms with Crippen molar-refractivity contribution in [2.24, 2.45) is 5.92 Å². The van der Waals surface area contributed by atoms with Gasteiger partial charge >= 0.3 is 0 Å². The molecule has 1 aromatic heterocycles. The van der Waals surface area contributed by atoms with Gasteiger partial charge in [-0.15, -0.1) is 11.3 Å². The number of aryl methyl sites for hydroxylation is 1. The number of amides is 1. The summed E-state index contributed by atoms with van der Waals surface area (Å²) in [6.45, 7) is 4.46. The molecule has 1 amide bonds. The van der Waals surface area contributed by atoms with Gasteiger partial charge in [-0.05, 0) is 48.9 Å². The molecule has 1 saturated heterocycles. The second-order valence-corrected chi connectivity index (χ2v) is 11.5. The fraction of sp³-hybridized carbons (Fsp3) is 0.500. The van der Waals surface area contributed by atoms with Crippen molar-refractivity contribution in [2.45, 2.75) is 31.1 Å². The van der Waals surface area contributed by atoms with Crippen LogP contribution in [0.4, 0.5) is 0 Å². The molecule has 2 aliphatic heterocycles. The van der Waals surface area contributed by atoms with Gasteiger partial charge in [0.05, 0.1) is 9.77 Å². The smallest absolute Gasteiger partial charge is 0.264 e. The van der Waals surface area contributed by atoms with Gasteiger partial charge < -0.3 is 14.4 Å². The lowest BCUT2D eigenvalue weighted by atomic mass is 9.90. The minimum atomic E-state index is -3.66. The van der Waals surface area contributed by atoms with Crippen molar-refractivity contribution in [3.05, 3.63) is 39.6 Å². The lowest BCUT2D eigenvalue weighted by Crippen LogP contribution is -2.50. The van der Waals surface area contributed by atoms with Crippen LogP contribution in [0.3, 0.4) is 0 Å². The first-order valence-corrected chi connectivity index (χ1v) is 13.0. The van der Waals surface area contributed by atoms with E-state index >= 15 is 0 Å². The highest BCUT2D eigenvalue weighted by molar-refractivity contribution is 7.89. The summed E-state index contributed by atoms with van der Waals surface area (Å²) in [5.41, 5.74) is 1.31. The van der Waals surface area contributed by atoms with Gasteiger partial charge in [0.2, 0.25) is 10.0 Å². The molecule has 1 atom stereocenters. The van der Waals surface area contributed by atoms with Crippen molar-refractivity contribution in [3.8, 4) is 11.5 Å². The topological polar surface area (TPSA) is 76.2 Å². The number of ether oxygens (including phenoxy) is 2. The van der Waals surface area contributed by atoms with Crippen LogP contribution in [0, 0.1) is 5.92 Å². The number of fused-ring (bicyclic) bond motifs is 2. The van der Waals surface area contributed by atoms with E-state index in [2.05, 4.69) is 13.0 Å². The molecule has 0 bridgehead atoms. The SMILES string of the molecule is C[C@@H]1CCc2sc(C(=O)N3CCN(S(=O)(=O)c4ccc5c(c4)OCCO5)CC3)cc2C1. The highest BCUT2D eigenvalue weighted by Gasteiger charge is 2.32. The molecule has 0 spiro atoms. The van der Waals surface area contributed by atoms with Gasteiger partial charge in [0.1, 0.15) is 13.2 Å². The predicted octanol–water partition coefficient (Wildman–Crippen LogP) is 2.79. The van der Waals surface area contributed by atoms with Crippen molar-refractivity contribution in [1.82, 2.24) is 9.21 Å². The maximum absolute atomic E-state index is 13.1. The summed E-state index contributed by atoms with van der Waals surface area (Å²) in [5.74, 6) is 1.70. The fourth-order valence-corrected chi connectivity index (χ4v) is 7.05. The Kier molecular flexibility index (Phi) is 5.44. The van der Waals surface area contributed by atoms with Crippen molar-refractivity contribution in [1.29, 1.82) is 0 Å². The maximum Gasteiger partial charge on any atom is 0.264 e. The van der Waals surface area contributed by atoms with Crippen LogP contribution in [0.15, 0.2) is 29.2 Å². The standard InChI is InChI=1S/C22H26N2O5S2/c1-15-2-5-20-16(12-15)13-21(30-20)22(25)23-6-8-24(9-7-23)31(26,27)17-3-4-18-19(14-17)29-11-10-28-18/h3-4,13-15H,2,5-12H2,1H3/t15-/m1/s1. The third kappa shape index (κ3) is 3.94. The van der Waals surface area contributed by atoms with E-state index in [1.54, 1.807) is 28.4 Å². The molecule has 9 heteroatoms. The van der Waals surface area contributed by atoms with Gasteiger partial charge in [-0.1, -0.05) is 6.92 Å². The number of hydrogen-bond donors (Lipinski definition) is 0. The van der Waals surface area contributed by atoms with E-state index in [0.29, 0.717) is 43.7 Å². The normalized spacial score (nSPS) is 21.6. The van der Waals surface area contributed by atoms with Crippen LogP contribution in [0.25, 0.3) is 0 Å². The summed E-state index contributed by atoms with van der Waals surface area (Å²) >= 11 is 1.61. The van der Waals surface area contributed by atoms with E-state index in [4.69, 9.17) is 9.47 Å². The number of nitrogens with zero attached hydrogens (tertiary/aromatic N) is 2. The Morgan fingerprint density at radius 2 is 1.81 bits per heavy atom. The van der Waals surface area contributed by atoms with Crippen molar-refractivity contribution in [2.75, 3.05) is 39.4 Å². The molecule has 0 N–H and O–H groups in total. The molecule has 3 aliphatic rings. The van der Waals surface area contributed by atoms with E-state index in [0.717, 1.165) is 17.7 Å². The van der Waals surface area contributed by atoms with Crippen LogP contribution in [0.2, 0.25) is 0 Å². The fourth-order valence-electron chi connectivity index (χ4n) is 4.43. The van der Waals surface area contributed by atoms with Gasteiger partial charge in [0.25, 0.3) is 5.91 Å². The third-order valence-corrected chi connectivity index (χ3v) is 9.34. The second kappa shape index (κ2) is 8.11. The number of carbonyl (C=O) groups excluding carboxylic acids is 1. The lowest BCUT2D eigenvalue weighted by Gasteiger charge is -2.34. The highest BCUT2D eigenvalue weighted by Crippen LogP contribution is 2.34. The Morgan fingerprint density at radius 1 is 1.06 bits per heavy atom. The van der Waals surface area contributed by atoms with Gasteiger partial charge in [0, 0.05) is 37.1 Å². The molecule has 0 saturated carbocycles. The molecule has 1 aromatic carbocycles. The van der Waals surface area contributed by atoms with Crippen molar-refractivity contribution >= 4 is 27.3 Å². The van der Waals surface area contributed by atoms with Gasteiger partial charge in [-0.3, -0.25) is 4.79 Å². The van der Waals surface area contributed by atoms with Crippen LogP contribution < -0.4 is 9.47 Å². The summed E-state index contributed by atoms with van der Waals surface area (Å²) in [4.78, 5) is 17.1. The predicted molar refractivity (Wildman–Crippen MR) is 118 cm³/mol. The highest BCUT2D eigenvalue weighted by atomic mass is 32.2. The van der Waals surface area contributed by atoms with Gasteiger partial charge in [-0.25, -0.2) is 8.42 Å². The zero-order valence-electron chi connectivity index (χ0n) is 17.5. The number of rotatable bonds is 3. The Bertz CT molecular complexity index is 1100. The summed E-state index contributed by atoms with van der Waals surface area (Å²) in [5, 5.41) is 0. The van der Waals surface area contributed by atoms with Crippen molar-refractivity contribution < 1.29 is 22.7 Å². The lowest BCUT2D eigenvalue weighted by molar-refractivity contribution is 0.0702.